The number of aromatic nitrogens is 1. The Morgan fingerprint density at radius 3 is 2.89 bits per heavy atom. The lowest BCUT2D eigenvalue weighted by atomic mass is 10.0. The molecule has 2 heterocycles. The van der Waals surface area contributed by atoms with Crippen molar-refractivity contribution in [2.75, 3.05) is 6.54 Å². The van der Waals surface area contributed by atoms with Crippen molar-refractivity contribution in [2.24, 2.45) is 5.92 Å². The molecule has 4 heteroatoms. The number of hydrogen-bond acceptors (Lipinski definition) is 3. The van der Waals surface area contributed by atoms with Gasteiger partial charge in [-0.05, 0) is 25.7 Å². The van der Waals surface area contributed by atoms with Gasteiger partial charge >= 0.3 is 0 Å². The highest BCUT2D eigenvalue weighted by molar-refractivity contribution is 5.77. The number of carbonyl (C=O) groups excluding carboxylic acids is 1. The second-order valence-electron chi connectivity index (χ2n) is 5.80. The van der Waals surface area contributed by atoms with Crippen molar-refractivity contribution in [1.29, 1.82) is 0 Å². The Labute approximate surface area is 115 Å². The number of amides is 1. The zero-order chi connectivity index (χ0) is 14.0. The largest absolute Gasteiger partial charge is 0.361 e. The van der Waals surface area contributed by atoms with E-state index >= 15 is 0 Å². The van der Waals surface area contributed by atoms with Gasteiger partial charge in [0.05, 0.1) is 11.7 Å². The van der Waals surface area contributed by atoms with Crippen molar-refractivity contribution in [2.45, 2.75) is 59.4 Å². The maximum atomic E-state index is 12.3. The molecule has 0 radical (unpaired) electrons. The molecule has 0 bridgehead atoms. The molecule has 106 valence electrons. The van der Waals surface area contributed by atoms with Crippen molar-refractivity contribution >= 4 is 5.91 Å². The van der Waals surface area contributed by atoms with E-state index in [1.807, 2.05) is 11.8 Å². The van der Waals surface area contributed by atoms with E-state index in [4.69, 9.17) is 4.52 Å². The molecule has 1 atom stereocenters. The van der Waals surface area contributed by atoms with Gasteiger partial charge in [0.1, 0.15) is 5.76 Å². The van der Waals surface area contributed by atoms with Gasteiger partial charge in [-0.15, -0.1) is 0 Å². The Morgan fingerprint density at radius 2 is 2.26 bits per heavy atom. The van der Waals surface area contributed by atoms with E-state index in [-0.39, 0.29) is 11.9 Å². The highest BCUT2D eigenvalue weighted by Gasteiger charge is 2.34. The van der Waals surface area contributed by atoms with Crippen molar-refractivity contribution in [3.05, 3.63) is 17.0 Å². The molecule has 0 spiro atoms. The number of rotatable bonds is 4. The summed E-state index contributed by atoms with van der Waals surface area (Å²) in [6.07, 6.45) is 3.56. The van der Waals surface area contributed by atoms with E-state index in [2.05, 4.69) is 25.9 Å². The Kier molecular flexibility index (Phi) is 4.27. The molecule has 1 saturated heterocycles. The summed E-state index contributed by atoms with van der Waals surface area (Å²) in [5.41, 5.74) is 2.09. The first-order valence-electron chi connectivity index (χ1n) is 7.29. The van der Waals surface area contributed by atoms with E-state index in [0.717, 1.165) is 42.8 Å². The number of hydrogen-bond donors (Lipinski definition) is 0. The third kappa shape index (κ3) is 2.82. The quantitative estimate of drug-likeness (QED) is 0.838. The monoisotopic (exact) mass is 264 g/mol. The fourth-order valence-corrected chi connectivity index (χ4v) is 2.94. The molecule has 1 fully saturated rings. The lowest BCUT2D eigenvalue weighted by Crippen LogP contribution is -2.31. The molecule has 1 aliphatic rings. The summed E-state index contributed by atoms with van der Waals surface area (Å²) in [6, 6.07) is 0.174. The summed E-state index contributed by atoms with van der Waals surface area (Å²) in [7, 11) is 0. The normalized spacial score (nSPS) is 19.4. The summed E-state index contributed by atoms with van der Waals surface area (Å²) >= 11 is 0. The van der Waals surface area contributed by atoms with E-state index in [0.29, 0.717) is 12.3 Å². The molecule has 2 rings (SSSR count). The molecule has 1 aromatic heterocycles. The van der Waals surface area contributed by atoms with Gasteiger partial charge in [0.25, 0.3) is 0 Å². The lowest BCUT2D eigenvalue weighted by molar-refractivity contribution is -0.132. The van der Waals surface area contributed by atoms with Crippen molar-refractivity contribution in [3.63, 3.8) is 0 Å². The highest BCUT2D eigenvalue weighted by Crippen LogP contribution is 2.36. The topological polar surface area (TPSA) is 46.3 Å². The summed E-state index contributed by atoms with van der Waals surface area (Å²) in [6.45, 7) is 9.08. The predicted octanol–water partition coefficient (Wildman–Crippen LogP) is 3.26. The number of aryl methyl sites for hydroxylation is 2. The minimum absolute atomic E-state index is 0.174. The van der Waals surface area contributed by atoms with Gasteiger partial charge in [-0.25, -0.2) is 0 Å². The first-order valence-corrected chi connectivity index (χ1v) is 7.29. The van der Waals surface area contributed by atoms with Gasteiger partial charge in [-0.1, -0.05) is 25.9 Å². The van der Waals surface area contributed by atoms with Crippen LogP contribution in [0.25, 0.3) is 0 Å². The Balaban J connectivity index is 2.23. The number of carbonyl (C=O) groups is 1. The molecule has 1 aromatic rings. The number of likely N-dealkylation sites (tertiary alicyclic amines) is 1. The van der Waals surface area contributed by atoms with E-state index in [1.54, 1.807) is 0 Å². The SMILES string of the molecule is CCc1onc(C)c1[C@@H]1CCCN1C(=O)CC(C)C. The number of nitrogens with zero attached hydrogens (tertiary/aromatic N) is 2. The standard InChI is InChI=1S/C15H24N2O2/c1-5-13-15(11(4)16-19-13)12-7-6-8-17(12)14(18)9-10(2)3/h10,12H,5-9H2,1-4H3/t12-/m0/s1. The molecule has 0 unspecified atom stereocenters. The van der Waals surface area contributed by atoms with Crippen LogP contribution in [0.1, 0.15) is 63.1 Å². The first-order chi connectivity index (χ1) is 9.04. The van der Waals surface area contributed by atoms with Crippen LogP contribution in [0, 0.1) is 12.8 Å². The molecule has 0 N–H and O–H groups in total. The van der Waals surface area contributed by atoms with Crippen molar-refractivity contribution < 1.29 is 9.32 Å². The van der Waals surface area contributed by atoms with E-state index in [9.17, 15) is 4.79 Å². The second-order valence-corrected chi connectivity index (χ2v) is 5.80. The first kappa shape index (κ1) is 14.1. The van der Waals surface area contributed by atoms with E-state index < -0.39 is 0 Å². The fourth-order valence-electron chi connectivity index (χ4n) is 2.94. The Bertz CT molecular complexity index is 451. The molecule has 0 aromatic carbocycles. The summed E-state index contributed by atoms with van der Waals surface area (Å²) in [5.74, 6) is 1.61. The molecule has 0 aliphatic carbocycles. The van der Waals surface area contributed by atoms with Crippen molar-refractivity contribution in [1.82, 2.24) is 10.1 Å². The minimum Gasteiger partial charge on any atom is -0.361 e. The van der Waals surface area contributed by atoms with Crippen LogP contribution in [0.4, 0.5) is 0 Å². The zero-order valence-electron chi connectivity index (χ0n) is 12.4. The Morgan fingerprint density at radius 1 is 1.53 bits per heavy atom. The average Bonchev–Trinajstić information content (AvgIpc) is 2.93. The fraction of sp³-hybridized carbons (Fsp3) is 0.733. The summed E-state index contributed by atoms with van der Waals surface area (Å²) in [4.78, 5) is 14.4. The Hall–Kier alpha value is -1.32. The lowest BCUT2D eigenvalue weighted by Gasteiger charge is -2.25. The molecule has 1 amide bonds. The maximum absolute atomic E-state index is 12.3. The van der Waals surface area contributed by atoms with Gasteiger partial charge in [0.2, 0.25) is 5.91 Å². The minimum atomic E-state index is 0.174. The summed E-state index contributed by atoms with van der Waals surface area (Å²) < 4.78 is 5.38. The third-order valence-corrected chi connectivity index (χ3v) is 3.79. The van der Waals surface area contributed by atoms with Gasteiger partial charge in [-0.2, -0.15) is 0 Å². The smallest absolute Gasteiger partial charge is 0.223 e. The van der Waals surface area contributed by atoms with Crippen LogP contribution < -0.4 is 0 Å². The van der Waals surface area contributed by atoms with Crippen LogP contribution in [0.2, 0.25) is 0 Å². The maximum Gasteiger partial charge on any atom is 0.223 e. The van der Waals surface area contributed by atoms with Crippen LogP contribution in [-0.4, -0.2) is 22.5 Å². The molecular formula is C15H24N2O2. The molecule has 1 aliphatic heterocycles. The van der Waals surface area contributed by atoms with Gasteiger partial charge in [0, 0.05) is 24.9 Å². The van der Waals surface area contributed by atoms with Crippen molar-refractivity contribution in [3.8, 4) is 0 Å². The van der Waals surface area contributed by atoms with Crippen LogP contribution in [0.3, 0.4) is 0 Å². The molecule has 19 heavy (non-hydrogen) atoms. The second kappa shape index (κ2) is 5.76. The highest BCUT2D eigenvalue weighted by atomic mass is 16.5. The molecule has 0 saturated carbocycles. The molecule has 4 nitrogen and oxygen atoms in total. The average molecular weight is 264 g/mol. The van der Waals surface area contributed by atoms with Crippen LogP contribution in [-0.2, 0) is 11.2 Å². The van der Waals surface area contributed by atoms with Gasteiger partial charge < -0.3 is 9.42 Å². The third-order valence-electron chi connectivity index (χ3n) is 3.79. The molecular weight excluding hydrogens is 240 g/mol. The predicted molar refractivity (Wildman–Crippen MR) is 73.8 cm³/mol. The van der Waals surface area contributed by atoms with E-state index in [1.165, 1.54) is 0 Å². The van der Waals surface area contributed by atoms with Crippen LogP contribution in [0.5, 0.6) is 0 Å². The van der Waals surface area contributed by atoms with Crippen LogP contribution >= 0.6 is 0 Å². The van der Waals surface area contributed by atoms with Gasteiger partial charge in [0.15, 0.2) is 0 Å². The zero-order valence-corrected chi connectivity index (χ0v) is 12.4. The van der Waals surface area contributed by atoms with Crippen LogP contribution in [0.15, 0.2) is 4.52 Å². The summed E-state index contributed by atoms with van der Waals surface area (Å²) in [5, 5.41) is 4.07. The van der Waals surface area contributed by atoms with Gasteiger partial charge in [-0.3, -0.25) is 4.79 Å².